The molecule has 0 spiro atoms. The van der Waals surface area contributed by atoms with E-state index in [1.165, 1.54) is 0 Å². The van der Waals surface area contributed by atoms with E-state index in [1.54, 1.807) is 7.11 Å². The molecule has 6 heteroatoms. The Kier molecular flexibility index (Phi) is 4.31. The van der Waals surface area contributed by atoms with Crippen LogP contribution in [0.1, 0.15) is 0 Å². The highest BCUT2D eigenvalue weighted by molar-refractivity contribution is 7.91. The quantitative estimate of drug-likeness (QED) is 0.639. The zero-order valence-electron chi connectivity index (χ0n) is 8.48. The van der Waals surface area contributed by atoms with Gasteiger partial charge in [0.1, 0.15) is 0 Å². The fourth-order valence-corrected chi connectivity index (χ4v) is 2.81. The first-order valence-electron chi connectivity index (χ1n) is 4.71. The summed E-state index contributed by atoms with van der Waals surface area (Å²) in [5.41, 5.74) is 5.77. The number of hydrogen-bond donors (Lipinski definition) is 1. The van der Waals surface area contributed by atoms with E-state index in [2.05, 4.69) is 4.90 Å². The lowest BCUT2D eigenvalue weighted by atomic mass is 10.3. The minimum atomic E-state index is -2.78. The summed E-state index contributed by atoms with van der Waals surface area (Å²) in [4.78, 5) is 2.07. The molecule has 1 saturated heterocycles. The number of nitrogens with two attached hydrogens (primary N) is 1. The highest BCUT2D eigenvalue weighted by atomic mass is 32.2. The topological polar surface area (TPSA) is 72.6 Å². The van der Waals surface area contributed by atoms with Gasteiger partial charge in [-0.05, 0) is 0 Å². The van der Waals surface area contributed by atoms with Gasteiger partial charge in [0.15, 0.2) is 9.84 Å². The van der Waals surface area contributed by atoms with Crippen LogP contribution in [0.2, 0.25) is 0 Å². The van der Waals surface area contributed by atoms with Crippen LogP contribution in [0.15, 0.2) is 0 Å². The molecule has 0 aliphatic carbocycles. The third-order valence-electron chi connectivity index (χ3n) is 2.31. The van der Waals surface area contributed by atoms with Crippen molar-refractivity contribution in [3.05, 3.63) is 0 Å². The lowest BCUT2D eigenvalue weighted by molar-refractivity contribution is 0.156. The van der Waals surface area contributed by atoms with Crippen molar-refractivity contribution < 1.29 is 13.2 Å². The molecule has 1 aliphatic heterocycles. The Hall–Kier alpha value is -0.170. The minimum absolute atomic E-state index is 0.0270. The number of methoxy groups -OCH3 is 1. The van der Waals surface area contributed by atoms with Crippen molar-refractivity contribution in [3.63, 3.8) is 0 Å². The van der Waals surface area contributed by atoms with Gasteiger partial charge in [-0.3, -0.25) is 4.90 Å². The first-order valence-corrected chi connectivity index (χ1v) is 6.53. The van der Waals surface area contributed by atoms with Crippen LogP contribution in [0.25, 0.3) is 0 Å². The summed E-state index contributed by atoms with van der Waals surface area (Å²) in [5.74, 6) is 0.513. The van der Waals surface area contributed by atoms with Gasteiger partial charge in [0.2, 0.25) is 0 Å². The molecule has 1 heterocycles. The molecule has 0 bridgehead atoms. The molecule has 5 nitrogen and oxygen atoms in total. The molecule has 0 aromatic carbocycles. The Morgan fingerprint density at radius 3 is 2.50 bits per heavy atom. The van der Waals surface area contributed by atoms with Crippen molar-refractivity contribution in [2.24, 2.45) is 5.73 Å². The van der Waals surface area contributed by atoms with Crippen molar-refractivity contribution >= 4 is 9.84 Å². The first-order chi connectivity index (χ1) is 6.53. The Balaban J connectivity index is 2.29. The summed E-state index contributed by atoms with van der Waals surface area (Å²) in [7, 11) is -1.17. The molecule has 0 amide bonds. The highest BCUT2D eigenvalue weighted by Crippen LogP contribution is 2.03. The van der Waals surface area contributed by atoms with Gasteiger partial charge in [-0.1, -0.05) is 0 Å². The molecule has 1 aliphatic rings. The summed E-state index contributed by atoms with van der Waals surface area (Å²) in [6, 6.07) is -0.0270. The first kappa shape index (κ1) is 11.9. The maximum absolute atomic E-state index is 11.1. The van der Waals surface area contributed by atoms with Gasteiger partial charge in [-0.2, -0.15) is 0 Å². The van der Waals surface area contributed by atoms with Crippen LogP contribution in [-0.4, -0.2) is 64.2 Å². The standard InChI is InChI=1S/C8H18N2O3S/c1-13-7-8(9)6-10-2-4-14(11,12)5-3-10/h8H,2-7,9H2,1H3. The SMILES string of the molecule is COCC(N)CN1CCS(=O)(=O)CC1. The molecular formula is C8H18N2O3S. The number of sulfone groups is 1. The Morgan fingerprint density at radius 1 is 1.43 bits per heavy atom. The zero-order valence-corrected chi connectivity index (χ0v) is 9.29. The summed E-state index contributed by atoms with van der Waals surface area (Å²) in [5, 5.41) is 0. The minimum Gasteiger partial charge on any atom is -0.383 e. The number of nitrogens with zero attached hydrogens (tertiary/aromatic N) is 1. The molecular weight excluding hydrogens is 204 g/mol. The Bertz CT molecular complexity index is 252. The van der Waals surface area contributed by atoms with E-state index in [1.807, 2.05) is 0 Å². The molecule has 0 saturated carbocycles. The lowest BCUT2D eigenvalue weighted by Gasteiger charge is -2.28. The van der Waals surface area contributed by atoms with Gasteiger partial charge in [0.05, 0.1) is 18.1 Å². The molecule has 0 aromatic rings. The summed E-state index contributed by atoms with van der Waals surface area (Å²) in [6.45, 7) is 2.42. The highest BCUT2D eigenvalue weighted by Gasteiger charge is 2.22. The molecule has 84 valence electrons. The number of hydrogen-bond acceptors (Lipinski definition) is 5. The predicted molar refractivity (Wildman–Crippen MR) is 54.9 cm³/mol. The van der Waals surface area contributed by atoms with Crippen LogP contribution >= 0.6 is 0 Å². The third kappa shape index (κ3) is 3.91. The van der Waals surface area contributed by atoms with Crippen molar-refractivity contribution in [2.75, 3.05) is 44.9 Å². The predicted octanol–water partition coefficient (Wildman–Crippen LogP) is -1.31. The van der Waals surface area contributed by atoms with E-state index >= 15 is 0 Å². The van der Waals surface area contributed by atoms with Crippen molar-refractivity contribution in [1.82, 2.24) is 4.90 Å². The summed E-state index contributed by atoms with van der Waals surface area (Å²) < 4.78 is 27.2. The van der Waals surface area contributed by atoms with E-state index < -0.39 is 9.84 Å². The monoisotopic (exact) mass is 222 g/mol. The third-order valence-corrected chi connectivity index (χ3v) is 3.92. The average molecular weight is 222 g/mol. The van der Waals surface area contributed by atoms with Crippen LogP contribution < -0.4 is 5.73 Å². The normalized spacial score (nSPS) is 24.7. The van der Waals surface area contributed by atoms with Gasteiger partial charge < -0.3 is 10.5 Å². The molecule has 1 fully saturated rings. The second kappa shape index (κ2) is 5.06. The van der Waals surface area contributed by atoms with Crippen LogP contribution in [0, 0.1) is 0 Å². The number of rotatable bonds is 4. The van der Waals surface area contributed by atoms with E-state index in [9.17, 15) is 8.42 Å². The molecule has 14 heavy (non-hydrogen) atoms. The van der Waals surface area contributed by atoms with Gasteiger partial charge in [0.25, 0.3) is 0 Å². The fraction of sp³-hybridized carbons (Fsp3) is 1.00. The van der Waals surface area contributed by atoms with E-state index in [4.69, 9.17) is 10.5 Å². The Morgan fingerprint density at radius 2 is 2.00 bits per heavy atom. The maximum Gasteiger partial charge on any atom is 0.152 e. The molecule has 2 N–H and O–H groups in total. The van der Waals surface area contributed by atoms with Crippen LogP contribution in [-0.2, 0) is 14.6 Å². The van der Waals surface area contributed by atoms with E-state index in [0.717, 1.165) is 0 Å². The second-order valence-corrected chi connectivity index (χ2v) is 5.97. The largest absolute Gasteiger partial charge is 0.383 e. The fourth-order valence-electron chi connectivity index (χ4n) is 1.53. The summed E-state index contributed by atoms with van der Waals surface area (Å²) in [6.07, 6.45) is 0. The Labute approximate surface area is 85.1 Å². The van der Waals surface area contributed by atoms with E-state index in [-0.39, 0.29) is 17.5 Å². The summed E-state index contributed by atoms with van der Waals surface area (Å²) >= 11 is 0. The zero-order chi connectivity index (χ0) is 10.6. The molecule has 1 unspecified atom stereocenters. The molecule has 0 radical (unpaired) electrons. The number of ether oxygens (including phenoxy) is 1. The molecule has 1 rings (SSSR count). The van der Waals surface area contributed by atoms with Crippen molar-refractivity contribution in [3.8, 4) is 0 Å². The smallest absolute Gasteiger partial charge is 0.152 e. The van der Waals surface area contributed by atoms with Crippen LogP contribution in [0.5, 0.6) is 0 Å². The second-order valence-electron chi connectivity index (χ2n) is 3.67. The lowest BCUT2D eigenvalue weighted by Crippen LogP contribution is -2.47. The van der Waals surface area contributed by atoms with Gasteiger partial charge in [-0.25, -0.2) is 8.42 Å². The average Bonchev–Trinajstić information content (AvgIpc) is 2.09. The van der Waals surface area contributed by atoms with E-state index in [0.29, 0.717) is 26.2 Å². The van der Waals surface area contributed by atoms with Crippen LogP contribution in [0.3, 0.4) is 0 Å². The van der Waals surface area contributed by atoms with Crippen LogP contribution in [0.4, 0.5) is 0 Å². The van der Waals surface area contributed by atoms with Gasteiger partial charge in [-0.15, -0.1) is 0 Å². The van der Waals surface area contributed by atoms with Crippen molar-refractivity contribution in [2.45, 2.75) is 6.04 Å². The van der Waals surface area contributed by atoms with Gasteiger partial charge in [0, 0.05) is 32.8 Å². The van der Waals surface area contributed by atoms with Crippen molar-refractivity contribution in [1.29, 1.82) is 0 Å². The molecule has 0 aromatic heterocycles. The van der Waals surface area contributed by atoms with Gasteiger partial charge >= 0.3 is 0 Å². The maximum atomic E-state index is 11.1. The molecule has 1 atom stereocenters.